The predicted octanol–water partition coefficient (Wildman–Crippen LogP) is 3.08. The average Bonchev–Trinajstić information content (AvgIpc) is 3.09. The van der Waals surface area contributed by atoms with E-state index in [0.717, 1.165) is 17.7 Å². The van der Waals surface area contributed by atoms with Gasteiger partial charge in [-0.2, -0.15) is 0 Å². The highest BCUT2D eigenvalue weighted by atomic mass is 16.5. The van der Waals surface area contributed by atoms with Crippen LogP contribution in [0.3, 0.4) is 0 Å². The van der Waals surface area contributed by atoms with Crippen molar-refractivity contribution in [2.24, 2.45) is 0 Å². The lowest BCUT2D eigenvalue weighted by atomic mass is 10.1. The Balaban J connectivity index is 1.88. The van der Waals surface area contributed by atoms with E-state index in [-0.39, 0.29) is 6.42 Å². The minimum absolute atomic E-state index is 0.196. The first-order chi connectivity index (χ1) is 10.2. The van der Waals surface area contributed by atoms with Gasteiger partial charge in [0.15, 0.2) is 5.76 Å². The number of aliphatic carboxylic acids is 1. The number of rotatable bonds is 6. The van der Waals surface area contributed by atoms with Gasteiger partial charge in [-0.15, -0.1) is 0 Å². The summed E-state index contributed by atoms with van der Waals surface area (Å²) in [7, 11) is 0. The third kappa shape index (κ3) is 2.97. The van der Waals surface area contributed by atoms with Crippen LogP contribution in [0.25, 0.3) is 10.9 Å². The van der Waals surface area contributed by atoms with Crippen LogP contribution in [-0.4, -0.2) is 20.8 Å². The van der Waals surface area contributed by atoms with Crippen molar-refractivity contribution in [3.05, 3.63) is 54.0 Å². The Hall–Kier alpha value is -2.56. The summed E-state index contributed by atoms with van der Waals surface area (Å²) in [5.41, 5.74) is 2.30. The van der Waals surface area contributed by atoms with Crippen LogP contribution in [0, 0.1) is 0 Å². The average molecular weight is 284 g/mol. The second-order valence-electron chi connectivity index (χ2n) is 5.03. The van der Waals surface area contributed by atoms with Crippen molar-refractivity contribution in [3.63, 3.8) is 0 Å². The number of aromatic nitrogens is 2. The van der Waals surface area contributed by atoms with Crippen molar-refractivity contribution in [3.8, 4) is 0 Å². The predicted molar refractivity (Wildman–Crippen MR) is 78.1 cm³/mol. The van der Waals surface area contributed by atoms with Gasteiger partial charge >= 0.3 is 5.97 Å². The summed E-state index contributed by atoms with van der Waals surface area (Å²) in [5.74, 6) is 0.0493. The Labute approximate surface area is 121 Å². The molecule has 1 N–H and O–H groups in total. The first kappa shape index (κ1) is 13.4. The smallest absolute Gasteiger partial charge is 0.303 e. The summed E-state index contributed by atoms with van der Waals surface area (Å²) < 4.78 is 7.28. The summed E-state index contributed by atoms with van der Waals surface area (Å²) in [6, 6.07) is 9.98. The molecule has 3 aromatic rings. The minimum Gasteiger partial charge on any atom is -0.481 e. The van der Waals surface area contributed by atoms with Crippen molar-refractivity contribution in [2.45, 2.75) is 25.8 Å². The van der Waals surface area contributed by atoms with E-state index in [1.54, 1.807) is 6.20 Å². The molecule has 0 saturated carbocycles. The molecule has 0 saturated heterocycles. The number of carbonyl (C=O) groups is 1. The van der Waals surface area contributed by atoms with Crippen LogP contribution in [-0.2, 0) is 17.8 Å². The van der Waals surface area contributed by atoms with Crippen LogP contribution in [0.4, 0.5) is 0 Å². The molecule has 0 aliphatic rings. The van der Waals surface area contributed by atoms with Gasteiger partial charge in [0.2, 0.25) is 0 Å². The van der Waals surface area contributed by atoms with Gasteiger partial charge in [0.05, 0.1) is 12.7 Å². The second kappa shape index (κ2) is 5.83. The molecule has 0 bridgehead atoms. The molecule has 1 aromatic carbocycles. The summed E-state index contributed by atoms with van der Waals surface area (Å²) in [4.78, 5) is 10.6. The van der Waals surface area contributed by atoms with Gasteiger partial charge in [0.25, 0.3) is 0 Å². The third-order valence-electron chi connectivity index (χ3n) is 3.53. The Bertz CT molecular complexity index is 744. The molecule has 2 aromatic heterocycles. The van der Waals surface area contributed by atoms with Crippen LogP contribution in [0.1, 0.15) is 24.2 Å². The number of nitrogens with zero attached hydrogens (tertiary/aromatic N) is 2. The van der Waals surface area contributed by atoms with Crippen molar-refractivity contribution in [1.82, 2.24) is 9.72 Å². The lowest BCUT2D eigenvalue weighted by Gasteiger charge is -2.01. The lowest BCUT2D eigenvalue weighted by Crippen LogP contribution is -1.97. The molecule has 0 radical (unpaired) electrons. The van der Waals surface area contributed by atoms with Crippen LogP contribution < -0.4 is 0 Å². The van der Waals surface area contributed by atoms with E-state index in [0.29, 0.717) is 13.0 Å². The molecule has 21 heavy (non-hydrogen) atoms. The fourth-order valence-electron chi connectivity index (χ4n) is 2.57. The number of para-hydroxylation sites is 1. The van der Waals surface area contributed by atoms with E-state index < -0.39 is 5.97 Å². The largest absolute Gasteiger partial charge is 0.481 e. The second-order valence-corrected chi connectivity index (χ2v) is 5.03. The summed E-state index contributed by atoms with van der Waals surface area (Å²) in [6.45, 7) is 0.624. The van der Waals surface area contributed by atoms with E-state index in [1.807, 2.05) is 18.2 Å². The molecule has 2 heterocycles. The normalized spacial score (nSPS) is 11.0. The quantitative estimate of drug-likeness (QED) is 0.755. The highest BCUT2D eigenvalue weighted by Gasteiger charge is 2.10. The summed E-state index contributed by atoms with van der Waals surface area (Å²) in [6.07, 6.45) is 5.31. The number of hydrogen-bond acceptors (Lipinski definition) is 3. The molecular formula is C16H16N2O3. The summed E-state index contributed by atoms with van der Waals surface area (Å²) in [5, 5.41) is 13.6. The SMILES string of the molecule is O=C(O)CCCc1cn(Cc2ccno2)c2ccccc12. The number of hydrogen-bond donors (Lipinski definition) is 1. The van der Waals surface area contributed by atoms with Crippen LogP contribution in [0.15, 0.2) is 47.2 Å². The molecule has 0 spiro atoms. The van der Waals surface area contributed by atoms with Gasteiger partial charge in [0.1, 0.15) is 0 Å². The topological polar surface area (TPSA) is 68.3 Å². The molecule has 5 heteroatoms. The molecule has 108 valence electrons. The van der Waals surface area contributed by atoms with Gasteiger partial charge in [-0.25, -0.2) is 0 Å². The Morgan fingerprint density at radius 1 is 1.29 bits per heavy atom. The van der Waals surface area contributed by atoms with Gasteiger partial charge < -0.3 is 14.2 Å². The Morgan fingerprint density at radius 2 is 2.14 bits per heavy atom. The van der Waals surface area contributed by atoms with Gasteiger partial charge in [-0.05, 0) is 24.5 Å². The first-order valence-corrected chi connectivity index (χ1v) is 6.92. The molecule has 0 unspecified atom stereocenters. The number of benzene rings is 1. The van der Waals surface area contributed by atoms with Gasteiger partial charge in [-0.3, -0.25) is 4.79 Å². The van der Waals surface area contributed by atoms with E-state index in [1.165, 1.54) is 10.9 Å². The van der Waals surface area contributed by atoms with Gasteiger partial charge in [0, 0.05) is 29.6 Å². The monoisotopic (exact) mass is 284 g/mol. The van der Waals surface area contributed by atoms with Crippen molar-refractivity contribution >= 4 is 16.9 Å². The highest BCUT2D eigenvalue weighted by Crippen LogP contribution is 2.23. The fourth-order valence-corrected chi connectivity index (χ4v) is 2.57. The molecule has 0 atom stereocenters. The van der Waals surface area contributed by atoms with E-state index in [9.17, 15) is 4.79 Å². The fraction of sp³-hybridized carbons (Fsp3) is 0.250. The van der Waals surface area contributed by atoms with Crippen LogP contribution in [0.5, 0.6) is 0 Å². The highest BCUT2D eigenvalue weighted by molar-refractivity contribution is 5.84. The number of fused-ring (bicyclic) bond motifs is 1. The van der Waals surface area contributed by atoms with Crippen LogP contribution >= 0.6 is 0 Å². The van der Waals surface area contributed by atoms with E-state index in [4.69, 9.17) is 9.63 Å². The minimum atomic E-state index is -0.750. The van der Waals surface area contributed by atoms with Crippen molar-refractivity contribution in [1.29, 1.82) is 0 Å². The third-order valence-corrected chi connectivity index (χ3v) is 3.53. The Kier molecular flexibility index (Phi) is 3.73. The Morgan fingerprint density at radius 3 is 2.90 bits per heavy atom. The number of carboxylic acid groups (broad SMARTS) is 1. The zero-order chi connectivity index (χ0) is 14.7. The standard InChI is InChI=1S/C16H16N2O3/c19-16(20)7-3-4-12-10-18(11-13-8-9-17-21-13)15-6-2-1-5-14(12)15/h1-2,5-6,8-10H,3-4,7,11H2,(H,19,20). The molecule has 0 fully saturated rings. The van der Waals surface area contributed by atoms with Crippen molar-refractivity contribution in [2.75, 3.05) is 0 Å². The summed E-state index contributed by atoms with van der Waals surface area (Å²) >= 11 is 0. The molecule has 0 aliphatic heterocycles. The molecule has 5 nitrogen and oxygen atoms in total. The molecule has 0 aliphatic carbocycles. The van der Waals surface area contributed by atoms with E-state index in [2.05, 4.69) is 28.1 Å². The molecular weight excluding hydrogens is 268 g/mol. The van der Waals surface area contributed by atoms with Crippen molar-refractivity contribution < 1.29 is 14.4 Å². The lowest BCUT2D eigenvalue weighted by molar-refractivity contribution is -0.137. The van der Waals surface area contributed by atoms with E-state index >= 15 is 0 Å². The first-order valence-electron chi connectivity index (χ1n) is 6.92. The number of aryl methyl sites for hydroxylation is 1. The van der Waals surface area contributed by atoms with Crippen LogP contribution in [0.2, 0.25) is 0 Å². The molecule has 0 amide bonds. The zero-order valence-corrected chi connectivity index (χ0v) is 11.5. The number of carboxylic acids is 1. The molecule has 3 rings (SSSR count). The zero-order valence-electron chi connectivity index (χ0n) is 11.5. The maximum Gasteiger partial charge on any atom is 0.303 e. The van der Waals surface area contributed by atoms with Gasteiger partial charge in [-0.1, -0.05) is 23.4 Å². The maximum atomic E-state index is 10.6. The maximum absolute atomic E-state index is 10.6.